The maximum Gasteiger partial charge on any atom is 0.0221 e. The Balaban J connectivity index is 1.81. The molecule has 2 rings (SSSR count). The highest BCUT2D eigenvalue weighted by atomic mass is 15.2. The summed E-state index contributed by atoms with van der Waals surface area (Å²) in [7, 11) is 0. The molecule has 1 aliphatic heterocycles. The molecule has 3 unspecified atom stereocenters. The molecule has 0 aromatic carbocycles. The molecule has 2 heteroatoms. The van der Waals surface area contributed by atoms with Crippen molar-refractivity contribution in [2.45, 2.75) is 84.2 Å². The second-order valence-electron chi connectivity index (χ2n) is 7.25. The third-order valence-electron chi connectivity index (χ3n) is 5.91. The summed E-state index contributed by atoms with van der Waals surface area (Å²) in [6.07, 6.45) is 11.5. The average Bonchev–Trinajstić information content (AvgIpc) is 2.52. The maximum atomic E-state index is 3.80. The minimum Gasteiger partial charge on any atom is -0.311 e. The Morgan fingerprint density at radius 2 is 1.90 bits per heavy atom. The zero-order chi connectivity index (χ0) is 14.4. The van der Waals surface area contributed by atoms with Gasteiger partial charge in [-0.05, 0) is 31.2 Å². The molecular weight excluding hydrogens is 244 g/mol. The van der Waals surface area contributed by atoms with Crippen molar-refractivity contribution in [1.82, 2.24) is 10.2 Å². The third-order valence-corrected chi connectivity index (χ3v) is 5.91. The van der Waals surface area contributed by atoms with Crippen LogP contribution in [0.4, 0.5) is 0 Å². The molecule has 1 heterocycles. The van der Waals surface area contributed by atoms with Crippen molar-refractivity contribution in [3.63, 3.8) is 0 Å². The van der Waals surface area contributed by atoms with Gasteiger partial charge in [0.2, 0.25) is 0 Å². The number of nitrogens with one attached hydrogen (secondary N) is 1. The van der Waals surface area contributed by atoms with Gasteiger partial charge in [0.05, 0.1) is 0 Å². The highest BCUT2D eigenvalue weighted by Crippen LogP contribution is 2.27. The summed E-state index contributed by atoms with van der Waals surface area (Å²) in [5.41, 5.74) is 0. The summed E-state index contributed by atoms with van der Waals surface area (Å²) in [4.78, 5) is 2.81. The zero-order valence-electron chi connectivity index (χ0n) is 14.0. The van der Waals surface area contributed by atoms with E-state index in [-0.39, 0.29) is 0 Å². The van der Waals surface area contributed by atoms with Gasteiger partial charge in [0.25, 0.3) is 0 Å². The molecule has 2 nitrogen and oxygen atoms in total. The van der Waals surface area contributed by atoms with Crippen LogP contribution in [-0.4, -0.2) is 36.6 Å². The fraction of sp³-hybridized carbons (Fsp3) is 1.00. The van der Waals surface area contributed by atoms with E-state index in [0.29, 0.717) is 6.04 Å². The van der Waals surface area contributed by atoms with Gasteiger partial charge in [-0.25, -0.2) is 0 Å². The lowest BCUT2D eigenvalue weighted by atomic mass is 9.86. The Morgan fingerprint density at radius 3 is 2.55 bits per heavy atom. The van der Waals surface area contributed by atoms with Crippen molar-refractivity contribution in [2.75, 3.05) is 19.6 Å². The predicted molar refractivity (Wildman–Crippen MR) is 88.1 cm³/mol. The van der Waals surface area contributed by atoms with Gasteiger partial charge < -0.3 is 5.32 Å². The Hall–Kier alpha value is -0.0800. The Morgan fingerprint density at radius 1 is 1.15 bits per heavy atom. The molecule has 2 aliphatic rings. The van der Waals surface area contributed by atoms with E-state index in [2.05, 4.69) is 31.0 Å². The summed E-state index contributed by atoms with van der Waals surface area (Å²) in [6, 6.07) is 1.49. The highest BCUT2D eigenvalue weighted by Gasteiger charge is 2.29. The number of hydrogen-bond acceptors (Lipinski definition) is 2. The van der Waals surface area contributed by atoms with Gasteiger partial charge >= 0.3 is 0 Å². The van der Waals surface area contributed by atoms with Gasteiger partial charge in [0, 0.05) is 25.2 Å². The largest absolute Gasteiger partial charge is 0.311 e. The topological polar surface area (TPSA) is 15.3 Å². The lowest BCUT2D eigenvalue weighted by molar-refractivity contribution is 0.0969. The van der Waals surface area contributed by atoms with E-state index in [1.807, 2.05) is 0 Å². The molecule has 1 N–H and O–H groups in total. The van der Waals surface area contributed by atoms with Crippen molar-refractivity contribution < 1.29 is 0 Å². The van der Waals surface area contributed by atoms with Crippen LogP contribution in [0, 0.1) is 11.8 Å². The van der Waals surface area contributed by atoms with Crippen LogP contribution in [0.15, 0.2) is 0 Å². The van der Waals surface area contributed by atoms with E-state index in [4.69, 9.17) is 0 Å². The molecule has 20 heavy (non-hydrogen) atoms. The van der Waals surface area contributed by atoms with Gasteiger partial charge in [-0.3, -0.25) is 4.90 Å². The summed E-state index contributed by atoms with van der Waals surface area (Å²) in [5, 5.41) is 3.80. The van der Waals surface area contributed by atoms with E-state index >= 15 is 0 Å². The molecule has 1 aliphatic carbocycles. The van der Waals surface area contributed by atoms with E-state index in [1.165, 1.54) is 71.0 Å². The molecule has 0 aromatic rings. The van der Waals surface area contributed by atoms with Gasteiger partial charge in [-0.15, -0.1) is 0 Å². The maximum absolute atomic E-state index is 3.80. The van der Waals surface area contributed by atoms with E-state index in [9.17, 15) is 0 Å². The van der Waals surface area contributed by atoms with Gasteiger partial charge in [0.1, 0.15) is 0 Å². The van der Waals surface area contributed by atoms with Crippen LogP contribution in [0.25, 0.3) is 0 Å². The predicted octanol–water partition coefficient (Wildman–Crippen LogP) is 4.06. The number of nitrogens with zero attached hydrogens (tertiary/aromatic N) is 1. The molecule has 1 saturated heterocycles. The molecule has 2 fully saturated rings. The lowest BCUT2D eigenvalue weighted by Crippen LogP contribution is -2.58. The van der Waals surface area contributed by atoms with E-state index < -0.39 is 0 Å². The molecule has 0 aromatic heterocycles. The average molecular weight is 280 g/mol. The minimum absolute atomic E-state index is 0.717. The SMILES string of the molecule is CCC(C)C1CN(CCC2CCCCC2)C(CC)CN1. The van der Waals surface area contributed by atoms with Crippen LogP contribution in [0.5, 0.6) is 0 Å². The Bertz CT molecular complexity index is 260. The van der Waals surface area contributed by atoms with Gasteiger partial charge in [-0.2, -0.15) is 0 Å². The third kappa shape index (κ3) is 4.46. The molecule has 0 radical (unpaired) electrons. The van der Waals surface area contributed by atoms with Gasteiger partial charge in [-0.1, -0.05) is 59.3 Å². The van der Waals surface area contributed by atoms with Crippen LogP contribution in [0.1, 0.15) is 72.1 Å². The smallest absolute Gasteiger partial charge is 0.0221 e. The molecule has 3 atom stereocenters. The Labute approximate surface area is 126 Å². The van der Waals surface area contributed by atoms with E-state index in [1.54, 1.807) is 0 Å². The van der Waals surface area contributed by atoms with Crippen molar-refractivity contribution in [1.29, 1.82) is 0 Å². The first-order chi connectivity index (χ1) is 9.74. The molecule has 0 spiro atoms. The number of rotatable bonds is 6. The standard InChI is InChI=1S/C18H36N2/c1-4-15(3)18-14-20(17(5-2)13-19-18)12-11-16-9-7-6-8-10-16/h15-19H,4-14H2,1-3H3. The van der Waals surface area contributed by atoms with Crippen molar-refractivity contribution in [2.24, 2.45) is 11.8 Å². The van der Waals surface area contributed by atoms with Crippen LogP contribution in [0.3, 0.4) is 0 Å². The first-order valence-electron chi connectivity index (χ1n) is 9.22. The van der Waals surface area contributed by atoms with Crippen molar-refractivity contribution >= 4 is 0 Å². The van der Waals surface area contributed by atoms with Crippen LogP contribution in [0.2, 0.25) is 0 Å². The van der Waals surface area contributed by atoms with Gasteiger partial charge in [0.15, 0.2) is 0 Å². The second-order valence-corrected chi connectivity index (χ2v) is 7.25. The fourth-order valence-electron chi connectivity index (χ4n) is 4.05. The van der Waals surface area contributed by atoms with Crippen LogP contribution < -0.4 is 5.32 Å². The summed E-state index contributed by atoms with van der Waals surface area (Å²) in [5.74, 6) is 1.84. The highest BCUT2D eigenvalue weighted by molar-refractivity contribution is 4.88. The molecule has 0 amide bonds. The first-order valence-corrected chi connectivity index (χ1v) is 9.22. The monoisotopic (exact) mass is 280 g/mol. The second kappa shape index (κ2) is 8.38. The molecular formula is C18H36N2. The van der Waals surface area contributed by atoms with Crippen molar-refractivity contribution in [3.05, 3.63) is 0 Å². The molecule has 118 valence electrons. The summed E-state index contributed by atoms with van der Waals surface area (Å²) < 4.78 is 0. The number of hydrogen-bond donors (Lipinski definition) is 1. The quantitative estimate of drug-likeness (QED) is 0.789. The summed E-state index contributed by atoms with van der Waals surface area (Å²) in [6.45, 7) is 10.9. The fourth-order valence-corrected chi connectivity index (χ4v) is 4.05. The van der Waals surface area contributed by atoms with Crippen LogP contribution >= 0.6 is 0 Å². The van der Waals surface area contributed by atoms with Crippen molar-refractivity contribution in [3.8, 4) is 0 Å². The first kappa shape index (κ1) is 16.3. The molecule has 1 saturated carbocycles. The lowest BCUT2D eigenvalue weighted by Gasteiger charge is -2.42. The molecule has 0 bridgehead atoms. The van der Waals surface area contributed by atoms with E-state index in [0.717, 1.165) is 17.9 Å². The number of piperazine rings is 1. The van der Waals surface area contributed by atoms with Crippen LogP contribution in [-0.2, 0) is 0 Å². The minimum atomic E-state index is 0.717. The Kier molecular flexibility index (Phi) is 6.83. The normalized spacial score (nSPS) is 31.4. The summed E-state index contributed by atoms with van der Waals surface area (Å²) >= 11 is 0. The zero-order valence-corrected chi connectivity index (χ0v) is 14.0.